The normalized spacial score (nSPS) is 24.2. The maximum Gasteiger partial charge on any atom is 0.243 e. The molecule has 0 radical (unpaired) electrons. The van der Waals surface area contributed by atoms with E-state index in [9.17, 15) is 13.2 Å². The fourth-order valence-corrected chi connectivity index (χ4v) is 5.65. The van der Waals surface area contributed by atoms with Crippen molar-refractivity contribution < 1.29 is 13.2 Å². The average Bonchev–Trinajstić information content (AvgIpc) is 3.12. The molecule has 1 atom stereocenters. The lowest BCUT2D eigenvalue weighted by molar-refractivity contribution is -0.123. The summed E-state index contributed by atoms with van der Waals surface area (Å²) in [5.41, 5.74) is 1.52. The van der Waals surface area contributed by atoms with Gasteiger partial charge in [-0.05, 0) is 44.7 Å². The van der Waals surface area contributed by atoms with Crippen molar-refractivity contribution in [2.45, 2.75) is 23.8 Å². The van der Waals surface area contributed by atoms with Gasteiger partial charge in [0.25, 0.3) is 0 Å². The number of aryl methyl sites for hydroxylation is 1. The van der Waals surface area contributed by atoms with E-state index in [0.717, 1.165) is 11.3 Å². The molecule has 0 aromatic heterocycles. The van der Waals surface area contributed by atoms with Gasteiger partial charge in [0.1, 0.15) is 0 Å². The molecule has 7 heteroatoms. The number of carbonyl (C=O) groups excluding carboxylic acids is 1. The van der Waals surface area contributed by atoms with E-state index in [0.29, 0.717) is 31.0 Å². The summed E-state index contributed by atoms with van der Waals surface area (Å²) in [7, 11) is -1.63. The minimum Gasteiger partial charge on any atom is -0.309 e. The van der Waals surface area contributed by atoms with Gasteiger partial charge < -0.3 is 4.90 Å². The molecule has 1 amide bonds. The molecule has 2 aromatic rings. The van der Waals surface area contributed by atoms with Gasteiger partial charge in [0.2, 0.25) is 15.9 Å². The molecule has 2 aromatic carbocycles. The van der Waals surface area contributed by atoms with Gasteiger partial charge in [-0.15, -0.1) is 0 Å². The van der Waals surface area contributed by atoms with Crippen LogP contribution in [0.5, 0.6) is 0 Å². The maximum atomic E-state index is 13.1. The number of nitrogens with zero attached hydrogens (tertiary/aromatic N) is 3. The predicted molar refractivity (Wildman–Crippen MR) is 109 cm³/mol. The summed E-state index contributed by atoms with van der Waals surface area (Å²) in [5.74, 6) is 0.0409. The third-order valence-corrected chi connectivity index (χ3v) is 7.82. The van der Waals surface area contributed by atoms with Crippen molar-refractivity contribution in [1.82, 2.24) is 9.21 Å². The SMILES string of the molecule is Cc1ccc(S(=O)(=O)N2CC[C@@]3(CN(c4ccccc4)C(=O)CN3C)C2)cc1. The zero-order valence-corrected chi connectivity index (χ0v) is 17.0. The third-order valence-electron chi connectivity index (χ3n) is 5.96. The van der Waals surface area contributed by atoms with E-state index in [2.05, 4.69) is 0 Å². The van der Waals surface area contributed by atoms with E-state index < -0.39 is 10.0 Å². The minimum atomic E-state index is -3.55. The number of benzene rings is 2. The summed E-state index contributed by atoms with van der Waals surface area (Å²) in [4.78, 5) is 16.8. The van der Waals surface area contributed by atoms with Crippen LogP contribution in [-0.2, 0) is 14.8 Å². The minimum absolute atomic E-state index is 0.0409. The van der Waals surface area contributed by atoms with Crippen LogP contribution < -0.4 is 4.90 Å². The van der Waals surface area contributed by atoms with E-state index in [1.54, 1.807) is 21.3 Å². The molecular weight excluding hydrogens is 374 g/mol. The van der Waals surface area contributed by atoms with Crippen LogP contribution in [-0.4, -0.2) is 62.3 Å². The molecule has 1 spiro atoms. The third kappa shape index (κ3) is 3.23. The van der Waals surface area contributed by atoms with Gasteiger partial charge in [-0.25, -0.2) is 8.42 Å². The standard InChI is InChI=1S/C21H25N3O3S/c1-17-8-10-19(11-9-17)28(26,27)23-13-12-21(15-23)16-24(20(25)14-22(21)2)18-6-4-3-5-7-18/h3-11H,12-16H2,1-2H3/t21-/m0/s1. The topological polar surface area (TPSA) is 60.9 Å². The van der Waals surface area contributed by atoms with E-state index >= 15 is 0 Å². The second-order valence-electron chi connectivity index (χ2n) is 7.80. The van der Waals surface area contributed by atoms with Crippen molar-refractivity contribution in [3.05, 3.63) is 60.2 Å². The second kappa shape index (κ2) is 6.99. The Morgan fingerprint density at radius 1 is 0.964 bits per heavy atom. The smallest absolute Gasteiger partial charge is 0.243 e. The molecule has 28 heavy (non-hydrogen) atoms. The van der Waals surface area contributed by atoms with Crippen molar-refractivity contribution >= 4 is 21.6 Å². The monoisotopic (exact) mass is 399 g/mol. The summed E-state index contributed by atoms with van der Waals surface area (Å²) in [6, 6.07) is 16.6. The van der Waals surface area contributed by atoms with Crippen LogP contribution in [0.3, 0.4) is 0 Å². The van der Waals surface area contributed by atoms with Gasteiger partial charge in [-0.3, -0.25) is 9.69 Å². The number of anilines is 1. The number of piperazine rings is 1. The Bertz CT molecular complexity index is 976. The number of likely N-dealkylation sites (N-methyl/N-ethyl adjacent to an activating group) is 1. The van der Waals surface area contributed by atoms with Crippen LogP contribution in [0.25, 0.3) is 0 Å². The van der Waals surface area contributed by atoms with Crippen LogP contribution in [0.4, 0.5) is 5.69 Å². The molecule has 6 nitrogen and oxygen atoms in total. The molecule has 2 saturated heterocycles. The first-order valence-electron chi connectivity index (χ1n) is 9.45. The molecule has 0 N–H and O–H groups in total. The second-order valence-corrected chi connectivity index (χ2v) is 9.74. The van der Waals surface area contributed by atoms with Gasteiger partial charge in [-0.1, -0.05) is 35.9 Å². The molecule has 0 unspecified atom stereocenters. The maximum absolute atomic E-state index is 13.1. The van der Waals surface area contributed by atoms with Crippen molar-refractivity contribution in [3.8, 4) is 0 Å². The lowest BCUT2D eigenvalue weighted by Gasteiger charge is -2.46. The predicted octanol–water partition coefficient (Wildman–Crippen LogP) is 2.11. The van der Waals surface area contributed by atoms with Crippen LogP contribution in [0.15, 0.2) is 59.5 Å². The quantitative estimate of drug-likeness (QED) is 0.793. The average molecular weight is 400 g/mol. The van der Waals surface area contributed by atoms with Crippen molar-refractivity contribution in [2.24, 2.45) is 0 Å². The van der Waals surface area contributed by atoms with Crippen molar-refractivity contribution in [1.29, 1.82) is 0 Å². The first-order valence-corrected chi connectivity index (χ1v) is 10.9. The number of hydrogen-bond acceptors (Lipinski definition) is 4. The molecule has 0 saturated carbocycles. The highest BCUT2D eigenvalue weighted by atomic mass is 32.2. The van der Waals surface area contributed by atoms with Gasteiger partial charge >= 0.3 is 0 Å². The van der Waals surface area contributed by atoms with Crippen LogP contribution in [0.1, 0.15) is 12.0 Å². The Balaban J connectivity index is 1.60. The summed E-state index contributed by atoms with van der Waals surface area (Å²) in [6.45, 7) is 3.56. The Morgan fingerprint density at radius 3 is 2.32 bits per heavy atom. The molecule has 4 rings (SSSR count). The summed E-state index contributed by atoms with van der Waals surface area (Å²) in [5, 5.41) is 0. The first kappa shape index (κ1) is 19.1. The fraction of sp³-hybridized carbons (Fsp3) is 0.381. The Morgan fingerprint density at radius 2 is 1.64 bits per heavy atom. The summed E-state index contributed by atoms with van der Waals surface area (Å²) in [6.07, 6.45) is 0.700. The first-order chi connectivity index (χ1) is 13.3. The molecule has 0 aliphatic carbocycles. The van der Waals surface area contributed by atoms with E-state index in [4.69, 9.17) is 0 Å². The van der Waals surface area contributed by atoms with Gasteiger partial charge in [0.15, 0.2) is 0 Å². The number of amides is 1. The number of hydrogen-bond donors (Lipinski definition) is 0. The zero-order valence-electron chi connectivity index (χ0n) is 16.2. The number of sulfonamides is 1. The van der Waals surface area contributed by atoms with Crippen LogP contribution in [0.2, 0.25) is 0 Å². The Labute approximate surface area is 166 Å². The van der Waals surface area contributed by atoms with Crippen molar-refractivity contribution in [2.75, 3.05) is 38.1 Å². The van der Waals surface area contributed by atoms with Crippen LogP contribution in [0, 0.1) is 6.92 Å². The lowest BCUT2D eigenvalue weighted by atomic mass is 9.92. The Hall–Kier alpha value is -2.22. The fourth-order valence-electron chi connectivity index (χ4n) is 4.13. The molecule has 2 aliphatic rings. The summed E-state index contributed by atoms with van der Waals surface area (Å²) >= 11 is 0. The van der Waals surface area contributed by atoms with Gasteiger partial charge in [-0.2, -0.15) is 4.31 Å². The Kier molecular flexibility index (Phi) is 4.77. The molecule has 148 valence electrons. The molecular formula is C21H25N3O3S. The van der Waals surface area contributed by atoms with E-state index in [1.807, 2.05) is 61.3 Å². The van der Waals surface area contributed by atoms with Crippen molar-refractivity contribution in [3.63, 3.8) is 0 Å². The highest BCUT2D eigenvalue weighted by Crippen LogP contribution is 2.35. The lowest BCUT2D eigenvalue weighted by Crippen LogP contribution is -2.64. The molecule has 2 heterocycles. The highest BCUT2D eigenvalue weighted by molar-refractivity contribution is 7.89. The zero-order chi connectivity index (χ0) is 19.9. The molecule has 2 fully saturated rings. The molecule has 0 bridgehead atoms. The number of carbonyl (C=O) groups is 1. The highest BCUT2D eigenvalue weighted by Gasteiger charge is 2.50. The largest absolute Gasteiger partial charge is 0.309 e. The van der Waals surface area contributed by atoms with E-state index in [1.165, 1.54) is 0 Å². The molecule has 2 aliphatic heterocycles. The number of para-hydroxylation sites is 1. The van der Waals surface area contributed by atoms with Gasteiger partial charge in [0.05, 0.1) is 17.0 Å². The van der Waals surface area contributed by atoms with Crippen LogP contribution >= 0.6 is 0 Å². The van der Waals surface area contributed by atoms with Gasteiger partial charge in [0, 0.05) is 25.3 Å². The summed E-state index contributed by atoms with van der Waals surface area (Å²) < 4.78 is 27.8. The van der Waals surface area contributed by atoms with E-state index in [-0.39, 0.29) is 18.0 Å². The number of rotatable bonds is 3.